The van der Waals surface area contributed by atoms with Crippen LogP contribution in [0.15, 0.2) is 11.0 Å². The molecule has 0 aromatic carbocycles. The second-order valence-corrected chi connectivity index (χ2v) is 6.42. The second kappa shape index (κ2) is 7.62. The first-order chi connectivity index (χ1) is 12.0. The SMILES string of the molecule is CN(Cc1cn([C@@H]2O[C@H](CO)[C@H](O)C2O)c([Se])nc1=O)C(=O)C(F)(F)F. The minimum atomic E-state index is -5.09. The minimum absolute atomic E-state index is 0.0570. The summed E-state index contributed by atoms with van der Waals surface area (Å²) in [6.07, 6.45) is -9.25. The van der Waals surface area contributed by atoms with Gasteiger partial charge in [-0.15, -0.1) is 0 Å². The van der Waals surface area contributed by atoms with Gasteiger partial charge in [-0.2, -0.15) is 0 Å². The molecule has 1 radical (unpaired) electrons. The van der Waals surface area contributed by atoms with Crippen molar-refractivity contribution in [2.24, 2.45) is 0 Å². The standard InChI is InChI=1S/C13H15F3N3O6Se/c1-18(11(24)13(14,15)16)2-5-3-19(12(26)17-9(5)23)10-8(22)7(21)6(4-20)25-10/h3,6-8,10,20-22H,2,4H2,1H3/t6-,7+,8?,10-/m1/s1. The van der Waals surface area contributed by atoms with E-state index in [0.717, 1.165) is 17.8 Å². The molecule has 145 valence electrons. The third kappa shape index (κ3) is 4.08. The first-order valence-corrected chi connectivity index (χ1v) is 8.06. The van der Waals surface area contributed by atoms with Gasteiger partial charge in [-0.05, 0) is 0 Å². The second-order valence-electron chi connectivity index (χ2n) is 5.65. The summed E-state index contributed by atoms with van der Waals surface area (Å²) in [4.78, 5) is 27.0. The number of carbonyl (C=O) groups excluding carboxylic acids is 1. The van der Waals surface area contributed by atoms with E-state index in [1.165, 1.54) is 0 Å². The van der Waals surface area contributed by atoms with Crippen molar-refractivity contribution in [3.63, 3.8) is 0 Å². The fourth-order valence-electron chi connectivity index (χ4n) is 2.44. The molecular formula is C13H15F3N3O6Se. The summed E-state index contributed by atoms with van der Waals surface area (Å²) in [5, 5.41) is 28.9. The molecule has 1 unspecified atom stereocenters. The Morgan fingerprint density at radius 3 is 2.54 bits per heavy atom. The number of aliphatic hydroxyl groups excluding tert-OH is 3. The molecule has 26 heavy (non-hydrogen) atoms. The van der Waals surface area contributed by atoms with Gasteiger partial charge in [0.2, 0.25) is 0 Å². The van der Waals surface area contributed by atoms with Gasteiger partial charge in [0.1, 0.15) is 0 Å². The van der Waals surface area contributed by atoms with E-state index in [4.69, 9.17) is 9.84 Å². The molecule has 1 fully saturated rings. The molecule has 9 nitrogen and oxygen atoms in total. The Morgan fingerprint density at radius 2 is 2.04 bits per heavy atom. The summed E-state index contributed by atoms with van der Waals surface area (Å²) in [7, 11) is 0.873. The van der Waals surface area contributed by atoms with Crippen LogP contribution in [-0.4, -0.2) is 89.8 Å². The van der Waals surface area contributed by atoms with Gasteiger partial charge in [0.15, 0.2) is 0 Å². The Labute approximate surface area is 152 Å². The Balaban J connectivity index is 2.33. The average molecular weight is 445 g/mol. The molecule has 2 rings (SSSR count). The molecule has 1 saturated heterocycles. The average Bonchev–Trinajstić information content (AvgIpc) is 2.83. The number of aromatic nitrogens is 2. The zero-order chi connectivity index (χ0) is 19.8. The van der Waals surface area contributed by atoms with E-state index in [1.807, 2.05) is 0 Å². The van der Waals surface area contributed by atoms with E-state index < -0.39 is 55.3 Å². The molecule has 1 aromatic rings. The van der Waals surface area contributed by atoms with E-state index in [2.05, 4.69) is 21.0 Å². The number of rotatable bonds is 4. The molecule has 2 heterocycles. The number of carbonyl (C=O) groups is 1. The van der Waals surface area contributed by atoms with Crippen LogP contribution in [0, 0.1) is 0 Å². The van der Waals surface area contributed by atoms with Crippen molar-refractivity contribution in [2.45, 2.75) is 37.3 Å². The summed E-state index contributed by atoms with van der Waals surface area (Å²) in [6.45, 7) is -1.26. The van der Waals surface area contributed by atoms with Gasteiger partial charge < -0.3 is 0 Å². The first kappa shape index (κ1) is 20.8. The van der Waals surface area contributed by atoms with Crippen molar-refractivity contribution in [1.29, 1.82) is 0 Å². The number of hydrogen-bond donors (Lipinski definition) is 3. The number of ether oxygens (including phenoxy) is 1. The van der Waals surface area contributed by atoms with Gasteiger partial charge in [0.25, 0.3) is 0 Å². The summed E-state index contributed by atoms with van der Waals surface area (Å²) >= 11 is 2.44. The van der Waals surface area contributed by atoms with Crippen LogP contribution in [0.1, 0.15) is 11.8 Å². The molecule has 0 aliphatic carbocycles. The number of hydrogen-bond acceptors (Lipinski definition) is 7. The van der Waals surface area contributed by atoms with Crippen LogP contribution in [0.4, 0.5) is 13.2 Å². The van der Waals surface area contributed by atoms with Crippen LogP contribution in [-0.2, 0) is 16.1 Å². The normalized spacial score (nSPS) is 26.1. The van der Waals surface area contributed by atoms with Crippen molar-refractivity contribution in [3.8, 4) is 0 Å². The number of nitrogens with zero attached hydrogens (tertiary/aromatic N) is 3. The topological polar surface area (TPSA) is 125 Å². The van der Waals surface area contributed by atoms with Crippen molar-refractivity contribution in [3.05, 3.63) is 22.1 Å². The van der Waals surface area contributed by atoms with Crippen LogP contribution in [0.5, 0.6) is 0 Å². The maximum absolute atomic E-state index is 12.5. The molecule has 3 N–H and O–H groups in total. The molecule has 13 heteroatoms. The van der Waals surface area contributed by atoms with E-state index in [-0.39, 0.29) is 10.3 Å². The fourth-order valence-corrected chi connectivity index (χ4v) is 2.94. The Bertz CT molecular complexity index is 743. The van der Waals surface area contributed by atoms with Crippen molar-refractivity contribution < 1.29 is 38.0 Å². The third-order valence-corrected chi connectivity index (χ3v) is 4.41. The van der Waals surface area contributed by atoms with Gasteiger partial charge in [0.05, 0.1) is 0 Å². The number of halogens is 3. The summed E-state index contributed by atoms with van der Waals surface area (Å²) in [6, 6.07) is 0. The molecule has 0 bridgehead atoms. The predicted octanol–water partition coefficient (Wildman–Crippen LogP) is -2.83. The number of alkyl halides is 3. The molecule has 0 spiro atoms. The van der Waals surface area contributed by atoms with Crippen LogP contribution in [0.25, 0.3) is 0 Å². The predicted molar refractivity (Wildman–Crippen MR) is 79.4 cm³/mol. The van der Waals surface area contributed by atoms with E-state index >= 15 is 0 Å². The summed E-state index contributed by atoms with van der Waals surface area (Å²) < 4.78 is 43.7. The van der Waals surface area contributed by atoms with Crippen LogP contribution in [0.3, 0.4) is 0 Å². The Morgan fingerprint density at radius 1 is 1.42 bits per heavy atom. The number of amides is 1. The monoisotopic (exact) mass is 446 g/mol. The zero-order valence-corrected chi connectivity index (χ0v) is 15.0. The zero-order valence-electron chi connectivity index (χ0n) is 13.3. The summed E-state index contributed by atoms with van der Waals surface area (Å²) in [5.74, 6) is -2.14. The van der Waals surface area contributed by atoms with Gasteiger partial charge in [0, 0.05) is 0 Å². The summed E-state index contributed by atoms with van der Waals surface area (Å²) in [5.41, 5.74) is -1.13. The molecule has 1 aliphatic heterocycles. The molecule has 0 saturated carbocycles. The fraction of sp³-hybridized carbons (Fsp3) is 0.615. The van der Waals surface area contributed by atoms with Gasteiger partial charge in [-0.3, -0.25) is 0 Å². The van der Waals surface area contributed by atoms with Crippen molar-refractivity contribution >= 4 is 26.6 Å². The maximum atomic E-state index is 12.5. The van der Waals surface area contributed by atoms with Gasteiger partial charge >= 0.3 is 152 Å². The van der Waals surface area contributed by atoms with Crippen molar-refractivity contribution in [1.82, 2.24) is 14.5 Å². The molecule has 4 atom stereocenters. The molecule has 1 amide bonds. The van der Waals surface area contributed by atoms with E-state index in [9.17, 15) is 33.0 Å². The van der Waals surface area contributed by atoms with Gasteiger partial charge in [-0.1, -0.05) is 0 Å². The van der Waals surface area contributed by atoms with Crippen molar-refractivity contribution in [2.75, 3.05) is 13.7 Å². The first-order valence-electron chi connectivity index (χ1n) is 7.21. The molecule has 1 aromatic heterocycles. The van der Waals surface area contributed by atoms with E-state index in [0.29, 0.717) is 4.90 Å². The van der Waals surface area contributed by atoms with Crippen LogP contribution >= 0.6 is 0 Å². The third-order valence-electron chi connectivity index (χ3n) is 3.78. The van der Waals surface area contributed by atoms with Crippen LogP contribution < -0.4 is 10.3 Å². The Hall–Kier alpha value is -1.50. The molecule has 1 aliphatic rings. The molecular weight excluding hydrogens is 430 g/mol. The number of aliphatic hydroxyl groups is 3. The van der Waals surface area contributed by atoms with E-state index in [1.54, 1.807) is 0 Å². The van der Waals surface area contributed by atoms with Crippen LogP contribution in [0.2, 0.25) is 0 Å². The van der Waals surface area contributed by atoms with Gasteiger partial charge in [-0.25, -0.2) is 0 Å². The quantitative estimate of drug-likeness (QED) is 0.427. The Kier molecular flexibility index (Phi) is 6.10.